The number of nitrogens with zero attached hydrogens (tertiary/aromatic N) is 1. The van der Waals surface area contributed by atoms with Crippen molar-refractivity contribution in [2.45, 2.75) is 17.7 Å². The first-order valence-electron chi connectivity index (χ1n) is 4.92. The predicted molar refractivity (Wildman–Crippen MR) is 64.6 cm³/mol. The van der Waals surface area contributed by atoms with Gasteiger partial charge in [0.1, 0.15) is 0 Å². The van der Waals surface area contributed by atoms with Crippen LogP contribution in [0.1, 0.15) is 12.8 Å². The van der Waals surface area contributed by atoms with Gasteiger partial charge in [-0.3, -0.25) is 4.31 Å². The first-order valence-corrected chi connectivity index (χ1v) is 6.27. The summed E-state index contributed by atoms with van der Waals surface area (Å²) in [7, 11) is 0.0108. The molecule has 76 valence electrons. The largest absolute Gasteiger partial charge is 0.399 e. The van der Waals surface area contributed by atoms with Crippen molar-refractivity contribution in [1.29, 1.82) is 0 Å². The van der Waals surface area contributed by atoms with E-state index in [2.05, 4.69) is 22.3 Å². The molecule has 0 saturated carbocycles. The molecule has 0 bridgehead atoms. The van der Waals surface area contributed by atoms with Crippen LogP contribution in [0.3, 0.4) is 0 Å². The van der Waals surface area contributed by atoms with Crippen molar-refractivity contribution in [2.75, 3.05) is 18.8 Å². The maximum Gasteiger partial charge on any atom is 0.0314 e. The van der Waals surface area contributed by atoms with Crippen LogP contribution in [0.4, 0.5) is 5.69 Å². The second kappa shape index (κ2) is 4.15. The van der Waals surface area contributed by atoms with E-state index in [1.807, 2.05) is 12.1 Å². The van der Waals surface area contributed by atoms with E-state index < -0.39 is 0 Å². The summed E-state index contributed by atoms with van der Waals surface area (Å²) >= 11 is 0. The Morgan fingerprint density at radius 1 is 1.14 bits per heavy atom. The van der Waals surface area contributed by atoms with Crippen molar-refractivity contribution in [3.8, 4) is 0 Å². The molecule has 1 aromatic rings. The average Bonchev–Trinajstić information content (AvgIpc) is 2.71. The van der Waals surface area contributed by atoms with E-state index in [4.69, 9.17) is 5.73 Å². The van der Waals surface area contributed by atoms with Crippen LogP contribution in [0, 0.1) is 0 Å². The summed E-state index contributed by atoms with van der Waals surface area (Å²) in [4.78, 5) is 1.29. The summed E-state index contributed by atoms with van der Waals surface area (Å²) in [5.41, 5.74) is 6.48. The van der Waals surface area contributed by atoms with E-state index >= 15 is 0 Å². The fourth-order valence-corrected chi connectivity index (χ4v) is 3.13. The molecule has 1 saturated heterocycles. The van der Waals surface area contributed by atoms with E-state index in [0.717, 1.165) is 5.69 Å². The van der Waals surface area contributed by atoms with Gasteiger partial charge in [-0.2, -0.15) is 0 Å². The number of benzene rings is 1. The molecule has 0 radical (unpaired) electrons. The molecule has 1 fully saturated rings. The van der Waals surface area contributed by atoms with E-state index in [0.29, 0.717) is 0 Å². The van der Waals surface area contributed by atoms with Crippen LogP contribution in [0.2, 0.25) is 0 Å². The molecule has 2 rings (SSSR count). The van der Waals surface area contributed by atoms with Crippen molar-refractivity contribution in [1.82, 2.24) is 4.31 Å². The Morgan fingerprint density at radius 3 is 2.29 bits per heavy atom. The van der Waals surface area contributed by atoms with Crippen LogP contribution in [0.15, 0.2) is 29.2 Å². The lowest BCUT2D eigenvalue weighted by molar-refractivity contribution is 0.585. The summed E-state index contributed by atoms with van der Waals surface area (Å²) in [5, 5.41) is 0. The lowest BCUT2D eigenvalue weighted by Crippen LogP contribution is -2.11. The third-order valence-corrected chi connectivity index (χ3v) is 4.33. The molecule has 0 amide bonds. The maximum atomic E-state index is 5.65. The van der Waals surface area contributed by atoms with E-state index in [1.54, 1.807) is 0 Å². The van der Waals surface area contributed by atoms with E-state index in [-0.39, 0.29) is 10.7 Å². The Balaban J connectivity index is 2.14. The van der Waals surface area contributed by atoms with E-state index in [1.165, 1.54) is 30.8 Å². The topological polar surface area (TPSA) is 29.3 Å². The zero-order valence-electron chi connectivity index (χ0n) is 8.28. The summed E-state index contributed by atoms with van der Waals surface area (Å²) in [5.74, 6) is 4.23. The lowest BCUT2D eigenvalue weighted by Gasteiger charge is -2.19. The lowest BCUT2D eigenvalue weighted by atomic mass is 10.3. The highest BCUT2D eigenvalue weighted by molar-refractivity contribution is 8.12. The van der Waals surface area contributed by atoms with Crippen molar-refractivity contribution in [2.24, 2.45) is 0 Å². The molecule has 1 unspecified atom stereocenters. The normalized spacial score (nSPS) is 19.7. The number of hydrogen-bond acceptors (Lipinski definition) is 2. The SMILES string of the molecule is C=S(c1ccc(N)cc1)N1CCCC1. The van der Waals surface area contributed by atoms with Crippen LogP contribution in [-0.4, -0.2) is 23.3 Å². The minimum Gasteiger partial charge on any atom is -0.399 e. The van der Waals surface area contributed by atoms with Crippen molar-refractivity contribution in [3.63, 3.8) is 0 Å². The molecule has 1 aliphatic heterocycles. The number of nitrogen functional groups attached to an aromatic ring is 1. The van der Waals surface area contributed by atoms with Gasteiger partial charge in [-0.25, -0.2) is 0 Å². The maximum absolute atomic E-state index is 5.65. The Hall–Kier alpha value is -0.800. The molecule has 1 aromatic carbocycles. The van der Waals surface area contributed by atoms with Crippen LogP contribution in [0.25, 0.3) is 0 Å². The minimum absolute atomic E-state index is 0.0108. The monoisotopic (exact) mass is 208 g/mol. The van der Waals surface area contributed by atoms with Gasteiger partial charge in [0.2, 0.25) is 0 Å². The first-order chi connectivity index (χ1) is 6.77. The van der Waals surface area contributed by atoms with Gasteiger partial charge in [0.05, 0.1) is 0 Å². The fourth-order valence-electron chi connectivity index (χ4n) is 1.68. The van der Waals surface area contributed by atoms with Crippen molar-refractivity contribution >= 4 is 22.2 Å². The van der Waals surface area contributed by atoms with Gasteiger partial charge >= 0.3 is 0 Å². The van der Waals surface area contributed by atoms with Crippen LogP contribution >= 0.6 is 10.7 Å². The van der Waals surface area contributed by atoms with Gasteiger partial charge in [-0.15, -0.1) is 0 Å². The first kappa shape index (κ1) is 9.74. The van der Waals surface area contributed by atoms with Gasteiger partial charge in [0.15, 0.2) is 0 Å². The van der Waals surface area contributed by atoms with Gasteiger partial charge in [0, 0.05) is 23.7 Å². The Labute approximate surface area is 87.8 Å². The van der Waals surface area contributed by atoms with Gasteiger partial charge in [-0.1, -0.05) is 16.5 Å². The Morgan fingerprint density at radius 2 is 1.71 bits per heavy atom. The number of anilines is 1. The number of hydrogen-bond donors (Lipinski definition) is 1. The summed E-state index contributed by atoms with van der Waals surface area (Å²) in [6.07, 6.45) is 2.63. The summed E-state index contributed by atoms with van der Waals surface area (Å²) in [6.45, 7) is 2.38. The third-order valence-electron chi connectivity index (χ3n) is 2.53. The van der Waals surface area contributed by atoms with Gasteiger partial charge in [0.25, 0.3) is 0 Å². The quantitative estimate of drug-likeness (QED) is 0.597. The van der Waals surface area contributed by atoms with Crippen molar-refractivity contribution in [3.05, 3.63) is 24.3 Å². The van der Waals surface area contributed by atoms with Gasteiger partial charge in [-0.05, 0) is 37.1 Å². The highest BCUT2D eigenvalue weighted by atomic mass is 32.2. The highest BCUT2D eigenvalue weighted by Gasteiger charge is 2.14. The average molecular weight is 208 g/mol. The molecule has 2 N–H and O–H groups in total. The molecular formula is C11H16N2S. The number of nitrogens with two attached hydrogens (primary N) is 1. The predicted octanol–water partition coefficient (Wildman–Crippen LogP) is 2.34. The summed E-state index contributed by atoms with van der Waals surface area (Å²) < 4.78 is 2.45. The standard InChI is InChI=1S/C11H16N2S/c1-14(13-8-2-3-9-13)11-6-4-10(12)5-7-11/h4-7H,1-3,8-9,12H2. The van der Waals surface area contributed by atoms with Crippen LogP contribution in [-0.2, 0) is 0 Å². The molecule has 1 aliphatic rings. The molecule has 1 atom stereocenters. The van der Waals surface area contributed by atoms with Crippen molar-refractivity contribution < 1.29 is 0 Å². The Bertz CT molecular complexity index is 326. The number of rotatable bonds is 2. The molecule has 3 heteroatoms. The molecule has 0 spiro atoms. The highest BCUT2D eigenvalue weighted by Crippen LogP contribution is 2.32. The zero-order valence-corrected chi connectivity index (χ0v) is 9.09. The third kappa shape index (κ3) is 1.99. The molecule has 14 heavy (non-hydrogen) atoms. The minimum atomic E-state index is 0.0108. The van der Waals surface area contributed by atoms with Crippen LogP contribution < -0.4 is 5.73 Å². The smallest absolute Gasteiger partial charge is 0.0314 e. The molecule has 0 aromatic heterocycles. The molecule has 2 nitrogen and oxygen atoms in total. The fraction of sp³-hybridized carbons (Fsp3) is 0.364. The molecule has 0 aliphatic carbocycles. The molecular weight excluding hydrogens is 192 g/mol. The molecule has 1 heterocycles. The Kier molecular flexibility index (Phi) is 2.89. The van der Waals surface area contributed by atoms with Crippen LogP contribution in [0.5, 0.6) is 0 Å². The van der Waals surface area contributed by atoms with Gasteiger partial charge < -0.3 is 5.73 Å². The van der Waals surface area contributed by atoms with E-state index in [9.17, 15) is 0 Å². The zero-order chi connectivity index (χ0) is 9.97. The second-order valence-electron chi connectivity index (χ2n) is 3.57. The summed E-state index contributed by atoms with van der Waals surface area (Å²) in [6, 6.07) is 8.08. The second-order valence-corrected chi connectivity index (χ2v) is 5.29.